The number of hydrogen-bond donors (Lipinski definition) is 1. The quantitative estimate of drug-likeness (QED) is 0.929. The van der Waals surface area contributed by atoms with Crippen molar-refractivity contribution < 1.29 is 24.2 Å². The summed E-state index contributed by atoms with van der Waals surface area (Å²) in [4.78, 5) is 24.9. The lowest BCUT2D eigenvalue weighted by Gasteiger charge is -2.27. The fourth-order valence-corrected chi connectivity index (χ4v) is 3.23. The highest BCUT2D eigenvalue weighted by molar-refractivity contribution is 5.88. The first kappa shape index (κ1) is 16.2. The van der Waals surface area contributed by atoms with Gasteiger partial charge in [0.2, 0.25) is 0 Å². The standard InChI is InChI=1S/C17H20N2O5/c1-3-24-17(22)18-7-6-13-12-5-4-11(23-2)8-14(12)19(10-16(20)21)15(13)9-18/h4-5,8H,3,6-7,9-10H2,1-2H3,(H,20,21). The van der Waals surface area contributed by atoms with Crippen molar-refractivity contribution in [1.82, 2.24) is 9.47 Å². The van der Waals surface area contributed by atoms with Crippen molar-refractivity contribution in [1.29, 1.82) is 0 Å². The van der Waals surface area contributed by atoms with Crippen LogP contribution in [0.5, 0.6) is 5.75 Å². The van der Waals surface area contributed by atoms with Crippen LogP contribution in [0.1, 0.15) is 18.2 Å². The van der Waals surface area contributed by atoms with E-state index in [1.54, 1.807) is 23.5 Å². The van der Waals surface area contributed by atoms with E-state index in [0.717, 1.165) is 22.2 Å². The molecule has 3 rings (SSSR count). The van der Waals surface area contributed by atoms with Gasteiger partial charge in [0.25, 0.3) is 0 Å². The number of nitrogens with zero attached hydrogens (tertiary/aromatic N) is 2. The predicted molar refractivity (Wildman–Crippen MR) is 87.3 cm³/mol. The molecule has 0 saturated heterocycles. The number of benzene rings is 1. The van der Waals surface area contributed by atoms with Crippen LogP contribution in [-0.4, -0.2) is 46.9 Å². The van der Waals surface area contributed by atoms with Gasteiger partial charge in [-0.2, -0.15) is 0 Å². The minimum atomic E-state index is -0.925. The predicted octanol–water partition coefficient (Wildman–Crippen LogP) is 2.25. The average Bonchev–Trinajstić information content (AvgIpc) is 2.87. The van der Waals surface area contributed by atoms with Crippen molar-refractivity contribution in [3.05, 3.63) is 29.5 Å². The summed E-state index contributed by atoms with van der Waals surface area (Å²) in [6, 6.07) is 5.65. The molecule has 0 fully saturated rings. The first-order valence-corrected chi connectivity index (χ1v) is 7.86. The molecule has 7 nitrogen and oxygen atoms in total. The molecular weight excluding hydrogens is 312 g/mol. The van der Waals surface area contributed by atoms with E-state index in [1.807, 2.05) is 18.2 Å². The van der Waals surface area contributed by atoms with Crippen LogP contribution in [-0.2, 0) is 29.0 Å². The van der Waals surface area contributed by atoms with Crippen molar-refractivity contribution >= 4 is 23.0 Å². The van der Waals surface area contributed by atoms with Crippen LogP contribution in [0.2, 0.25) is 0 Å². The number of methoxy groups -OCH3 is 1. The van der Waals surface area contributed by atoms with Gasteiger partial charge in [0.05, 0.1) is 25.8 Å². The molecular formula is C17H20N2O5. The van der Waals surface area contributed by atoms with E-state index in [2.05, 4.69) is 0 Å². The molecule has 1 aromatic heterocycles. The van der Waals surface area contributed by atoms with E-state index in [4.69, 9.17) is 9.47 Å². The van der Waals surface area contributed by atoms with Crippen LogP contribution < -0.4 is 4.74 Å². The second kappa shape index (κ2) is 6.43. The van der Waals surface area contributed by atoms with E-state index < -0.39 is 5.97 Å². The van der Waals surface area contributed by atoms with Crippen molar-refractivity contribution in [2.24, 2.45) is 0 Å². The highest BCUT2D eigenvalue weighted by Gasteiger charge is 2.28. The maximum absolute atomic E-state index is 12.0. The Morgan fingerprint density at radius 2 is 2.12 bits per heavy atom. The van der Waals surface area contributed by atoms with Gasteiger partial charge in [0, 0.05) is 23.7 Å². The van der Waals surface area contributed by atoms with Crippen molar-refractivity contribution in [2.75, 3.05) is 20.3 Å². The lowest BCUT2D eigenvalue weighted by atomic mass is 10.0. The number of carboxylic acid groups (broad SMARTS) is 1. The Kier molecular flexibility index (Phi) is 4.33. The lowest BCUT2D eigenvalue weighted by Crippen LogP contribution is -2.37. The summed E-state index contributed by atoms with van der Waals surface area (Å²) in [5.41, 5.74) is 2.75. The Balaban J connectivity index is 2.09. The zero-order valence-corrected chi connectivity index (χ0v) is 13.7. The normalized spacial score (nSPS) is 13.7. The number of ether oxygens (including phenoxy) is 2. The minimum absolute atomic E-state index is 0.157. The van der Waals surface area contributed by atoms with Crippen LogP contribution in [0.15, 0.2) is 18.2 Å². The zero-order valence-electron chi connectivity index (χ0n) is 13.7. The second-order valence-electron chi connectivity index (χ2n) is 5.66. The van der Waals surface area contributed by atoms with Crippen LogP contribution >= 0.6 is 0 Å². The number of carbonyl (C=O) groups excluding carboxylic acids is 1. The fraction of sp³-hybridized carbons (Fsp3) is 0.412. The maximum atomic E-state index is 12.0. The molecule has 24 heavy (non-hydrogen) atoms. The third-order valence-electron chi connectivity index (χ3n) is 4.29. The molecule has 1 aromatic carbocycles. The van der Waals surface area contributed by atoms with Gasteiger partial charge in [-0.15, -0.1) is 0 Å². The molecule has 0 bridgehead atoms. The molecule has 128 valence electrons. The summed E-state index contributed by atoms with van der Waals surface area (Å²) < 4.78 is 12.1. The first-order valence-electron chi connectivity index (χ1n) is 7.86. The van der Waals surface area contributed by atoms with E-state index in [0.29, 0.717) is 31.9 Å². The van der Waals surface area contributed by atoms with Gasteiger partial charge < -0.3 is 24.0 Å². The van der Waals surface area contributed by atoms with Gasteiger partial charge in [0.15, 0.2) is 0 Å². The summed E-state index contributed by atoms with van der Waals surface area (Å²) in [6.07, 6.45) is 0.303. The molecule has 1 amide bonds. The van der Waals surface area contributed by atoms with Gasteiger partial charge in [-0.3, -0.25) is 4.79 Å². The Morgan fingerprint density at radius 3 is 2.79 bits per heavy atom. The van der Waals surface area contributed by atoms with Crippen LogP contribution in [0.3, 0.4) is 0 Å². The van der Waals surface area contributed by atoms with Gasteiger partial charge in [-0.05, 0) is 31.0 Å². The number of aliphatic carboxylic acids is 1. The molecule has 1 aliphatic heterocycles. The van der Waals surface area contributed by atoms with E-state index >= 15 is 0 Å². The third kappa shape index (κ3) is 2.77. The highest BCUT2D eigenvalue weighted by Crippen LogP contribution is 2.33. The Bertz CT molecular complexity index is 796. The molecule has 0 aliphatic carbocycles. The largest absolute Gasteiger partial charge is 0.497 e. The lowest BCUT2D eigenvalue weighted by molar-refractivity contribution is -0.137. The summed E-state index contributed by atoms with van der Waals surface area (Å²) in [7, 11) is 1.58. The Hall–Kier alpha value is -2.70. The van der Waals surface area contributed by atoms with Crippen LogP contribution in [0.4, 0.5) is 4.79 Å². The van der Waals surface area contributed by atoms with Gasteiger partial charge >= 0.3 is 12.1 Å². The summed E-state index contributed by atoms with van der Waals surface area (Å²) in [6.45, 7) is 2.83. The molecule has 1 N–H and O–H groups in total. The van der Waals surface area contributed by atoms with E-state index in [1.165, 1.54) is 0 Å². The van der Waals surface area contributed by atoms with Gasteiger partial charge in [-0.1, -0.05) is 0 Å². The van der Waals surface area contributed by atoms with Crippen molar-refractivity contribution in [3.8, 4) is 5.75 Å². The second-order valence-corrected chi connectivity index (χ2v) is 5.66. The molecule has 0 unspecified atom stereocenters. The molecule has 0 radical (unpaired) electrons. The summed E-state index contributed by atoms with van der Waals surface area (Å²) in [5.74, 6) is -0.253. The Morgan fingerprint density at radius 1 is 1.33 bits per heavy atom. The minimum Gasteiger partial charge on any atom is -0.497 e. The molecule has 7 heteroatoms. The number of carbonyl (C=O) groups is 2. The molecule has 2 aromatic rings. The van der Waals surface area contributed by atoms with Crippen molar-refractivity contribution in [2.45, 2.75) is 26.4 Å². The van der Waals surface area contributed by atoms with Crippen LogP contribution in [0, 0.1) is 0 Å². The third-order valence-corrected chi connectivity index (χ3v) is 4.29. The monoisotopic (exact) mass is 332 g/mol. The topological polar surface area (TPSA) is 81.0 Å². The number of hydrogen-bond acceptors (Lipinski definition) is 4. The zero-order chi connectivity index (χ0) is 17.3. The number of aromatic nitrogens is 1. The van der Waals surface area contributed by atoms with Gasteiger partial charge in [0.1, 0.15) is 12.3 Å². The average molecular weight is 332 g/mol. The smallest absolute Gasteiger partial charge is 0.410 e. The summed E-state index contributed by atoms with van der Waals surface area (Å²) >= 11 is 0. The van der Waals surface area contributed by atoms with E-state index in [-0.39, 0.29) is 12.6 Å². The molecule has 1 aliphatic rings. The number of fused-ring (bicyclic) bond motifs is 3. The van der Waals surface area contributed by atoms with Gasteiger partial charge in [-0.25, -0.2) is 4.79 Å². The SMILES string of the molecule is CCOC(=O)N1CCc2c(n(CC(=O)O)c3cc(OC)ccc23)C1. The number of carboxylic acids is 1. The summed E-state index contributed by atoms with van der Waals surface area (Å²) in [5, 5.41) is 10.3. The highest BCUT2D eigenvalue weighted by atomic mass is 16.6. The van der Waals surface area contributed by atoms with Crippen molar-refractivity contribution in [3.63, 3.8) is 0 Å². The maximum Gasteiger partial charge on any atom is 0.410 e. The molecule has 0 saturated carbocycles. The first-order chi connectivity index (χ1) is 11.5. The molecule has 0 atom stereocenters. The number of rotatable bonds is 4. The Labute approximate surface area is 139 Å². The molecule has 2 heterocycles. The fourth-order valence-electron chi connectivity index (χ4n) is 3.23. The van der Waals surface area contributed by atoms with Crippen LogP contribution in [0.25, 0.3) is 10.9 Å². The van der Waals surface area contributed by atoms with E-state index in [9.17, 15) is 14.7 Å². The number of amides is 1. The molecule has 0 spiro atoms.